The standard InChI is InChI=1S/C11H8FIN2O3/c12-6-1-2-9(8(13)3-6)14-5-7-4-10(11(16)17)15-18-7/h1-4,14H,5H2,(H,16,17). The molecule has 2 aromatic rings. The molecule has 0 saturated carbocycles. The zero-order chi connectivity index (χ0) is 13.1. The Balaban J connectivity index is 2.04. The smallest absolute Gasteiger partial charge is 0.358 e. The molecule has 0 aliphatic rings. The van der Waals surface area contributed by atoms with Crippen LogP contribution in [-0.2, 0) is 6.54 Å². The number of aromatic carboxylic acids is 1. The van der Waals surface area contributed by atoms with Gasteiger partial charge >= 0.3 is 5.97 Å². The number of aromatic nitrogens is 1. The zero-order valence-corrected chi connectivity index (χ0v) is 11.1. The van der Waals surface area contributed by atoms with Gasteiger partial charge in [-0.3, -0.25) is 0 Å². The summed E-state index contributed by atoms with van der Waals surface area (Å²) in [5.41, 5.74) is 0.603. The maximum absolute atomic E-state index is 12.9. The molecule has 0 amide bonds. The first-order valence-corrected chi connectivity index (χ1v) is 6.02. The largest absolute Gasteiger partial charge is 0.476 e. The molecule has 0 unspecified atom stereocenters. The second-order valence-corrected chi connectivity index (χ2v) is 4.62. The molecule has 1 aromatic carbocycles. The molecule has 0 atom stereocenters. The van der Waals surface area contributed by atoms with Gasteiger partial charge in [-0.2, -0.15) is 0 Å². The molecule has 0 spiro atoms. The van der Waals surface area contributed by atoms with Crippen molar-refractivity contribution in [1.82, 2.24) is 5.16 Å². The van der Waals surface area contributed by atoms with Crippen LogP contribution in [0.25, 0.3) is 0 Å². The number of hydrogen-bond acceptors (Lipinski definition) is 4. The molecule has 94 valence electrons. The van der Waals surface area contributed by atoms with Crippen LogP contribution >= 0.6 is 22.6 Å². The second kappa shape index (κ2) is 5.34. The number of carboxylic acid groups (broad SMARTS) is 1. The van der Waals surface area contributed by atoms with Crippen LogP contribution in [0.2, 0.25) is 0 Å². The Morgan fingerprint density at radius 2 is 2.28 bits per heavy atom. The van der Waals surface area contributed by atoms with Crippen molar-refractivity contribution in [1.29, 1.82) is 0 Å². The first-order valence-electron chi connectivity index (χ1n) is 4.94. The van der Waals surface area contributed by atoms with E-state index in [1.54, 1.807) is 6.07 Å². The molecule has 0 saturated heterocycles. The number of hydrogen-bond donors (Lipinski definition) is 2. The van der Waals surface area contributed by atoms with Gasteiger partial charge in [-0.05, 0) is 40.8 Å². The number of nitrogens with zero attached hydrogens (tertiary/aromatic N) is 1. The van der Waals surface area contributed by atoms with E-state index in [2.05, 4.69) is 10.5 Å². The Hall–Kier alpha value is -1.64. The third-order valence-electron chi connectivity index (χ3n) is 2.16. The molecule has 0 aliphatic carbocycles. The Morgan fingerprint density at radius 3 is 2.89 bits per heavy atom. The highest BCUT2D eigenvalue weighted by molar-refractivity contribution is 14.1. The molecule has 2 N–H and O–H groups in total. The summed E-state index contributed by atoms with van der Waals surface area (Å²) in [5, 5.41) is 15.1. The lowest BCUT2D eigenvalue weighted by atomic mass is 10.3. The first kappa shape index (κ1) is 12.8. The molecule has 5 nitrogen and oxygen atoms in total. The third kappa shape index (κ3) is 2.97. The summed E-state index contributed by atoms with van der Waals surface area (Å²) in [7, 11) is 0. The third-order valence-corrected chi connectivity index (χ3v) is 3.05. The van der Waals surface area contributed by atoms with Gasteiger partial charge in [-0.15, -0.1) is 0 Å². The van der Waals surface area contributed by atoms with Gasteiger partial charge in [-0.25, -0.2) is 9.18 Å². The second-order valence-electron chi connectivity index (χ2n) is 3.46. The molecule has 0 bridgehead atoms. The van der Waals surface area contributed by atoms with Crippen LogP contribution in [-0.4, -0.2) is 16.2 Å². The average molecular weight is 362 g/mol. The number of carbonyl (C=O) groups is 1. The lowest BCUT2D eigenvalue weighted by molar-refractivity contribution is 0.0685. The van der Waals surface area contributed by atoms with Crippen LogP contribution in [0.4, 0.5) is 10.1 Å². The van der Waals surface area contributed by atoms with Gasteiger partial charge in [0.1, 0.15) is 5.82 Å². The predicted molar refractivity (Wildman–Crippen MR) is 69.9 cm³/mol. The summed E-state index contributed by atoms with van der Waals surface area (Å²) in [4.78, 5) is 10.6. The van der Waals surface area contributed by atoms with Crippen molar-refractivity contribution in [3.8, 4) is 0 Å². The molecule has 1 aromatic heterocycles. The van der Waals surface area contributed by atoms with Crippen LogP contribution in [0.15, 0.2) is 28.8 Å². The molecular formula is C11H8FIN2O3. The van der Waals surface area contributed by atoms with E-state index in [0.29, 0.717) is 5.76 Å². The van der Waals surface area contributed by atoms with Gasteiger partial charge in [-0.1, -0.05) is 5.16 Å². The number of nitrogens with one attached hydrogen (secondary N) is 1. The Kier molecular flexibility index (Phi) is 3.80. The van der Waals surface area contributed by atoms with Gasteiger partial charge in [0.2, 0.25) is 0 Å². The van der Waals surface area contributed by atoms with Gasteiger partial charge in [0.25, 0.3) is 0 Å². The highest BCUT2D eigenvalue weighted by Crippen LogP contribution is 2.19. The monoisotopic (exact) mass is 362 g/mol. The molecule has 0 fully saturated rings. The van der Waals surface area contributed by atoms with Gasteiger partial charge in [0.05, 0.1) is 6.54 Å². The van der Waals surface area contributed by atoms with E-state index in [4.69, 9.17) is 9.63 Å². The molecule has 7 heteroatoms. The van der Waals surface area contributed by atoms with E-state index < -0.39 is 5.97 Å². The quantitative estimate of drug-likeness (QED) is 0.819. The number of carboxylic acids is 1. The van der Waals surface area contributed by atoms with Crippen molar-refractivity contribution in [3.63, 3.8) is 0 Å². The van der Waals surface area contributed by atoms with Crippen molar-refractivity contribution in [3.05, 3.63) is 45.1 Å². The maximum atomic E-state index is 12.9. The van der Waals surface area contributed by atoms with Crippen molar-refractivity contribution in [2.45, 2.75) is 6.54 Å². The summed E-state index contributed by atoms with van der Waals surface area (Å²) in [6.07, 6.45) is 0. The molecule has 0 aliphatic heterocycles. The highest BCUT2D eigenvalue weighted by atomic mass is 127. The van der Waals surface area contributed by atoms with Crippen LogP contribution in [0.1, 0.15) is 16.2 Å². The maximum Gasteiger partial charge on any atom is 0.358 e. The number of benzene rings is 1. The fourth-order valence-corrected chi connectivity index (χ4v) is 1.98. The minimum Gasteiger partial charge on any atom is -0.476 e. The molecular weight excluding hydrogens is 354 g/mol. The fourth-order valence-electron chi connectivity index (χ4n) is 1.31. The number of halogens is 2. The zero-order valence-electron chi connectivity index (χ0n) is 8.98. The molecule has 0 radical (unpaired) electrons. The Bertz CT molecular complexity index is 585. The SMILES string of the molecule is O=C(O)c1cc(CNc2ccc(F)cc2I)on1. The summed E-state index contributed by atoms with van der Waals surface area (Å²) in [6, 6.07) is 5.68. The van der Waals surface area contributed by atoms with Crippen molar-refractivity contribution < 1.29 is 18.8 Å². The average Bonchev–Trinajstić information content (AvgIpc) is 2.76. The Labute approximate surface area is 115 Å². The van der Waals surface area contributed by atoms with Crippen molar-refractivity contribution >= 4 is 34.2 Å². The molecule has 2 rings (SSSR count). The lowest BCUT2D eigenvalue weighted by Gasteiger charge is -2.06. The minimum absolute atomic E-state index is 0.138. The van der Waals surface area contributed by atoms with Gasteiger partial charge < -0.3 is 14.9 Å². The van der Waals surface area contributed by atoms with Crippen LogP contribution < -0.4 is 5.32 Å². The topological polar surface area (TPSA) is 75.4 Å². The fraction of sp³-hybridized carbons (Fsp3) is 0.0909. The van der Waals surface area contributed by atoms with E-state index in [-0.39, 0.29) is 18.1 Å². The van der Waals surface area contributed by atoms with Crippen molar-refractivity contribution in [2.75, 3.05) is 5.32 Å². The van der Waals surface area contributed by atoms with E-state index >= 15 is 0 Å². The number of rotatable bonds is 4. The van der Waals surface area contributed by atoms with Gasteiger partial charge in [0, 0.05) is 15.3 Å². The van der Waals surface area contributed by atoms with Crippen LogP contribution in [0, 0.1) is 9.39 Å². The van der Waals surface area contributed by atoms with Crippen LogP contribution in [0.3, 0.4) is 0 Å². The minimum atomic E-state index is -1.14. The first-order chi connectivity index (χ1) is 8.56. The summed E-state index contributed by atoms with van der Waals surface area (Å²) in [6.45, 7) is 0.280. The summed E-state index contributed by atoms with van der Waals surface area (Å²) < 4.78 is 18.4. The predicted octanol–water partition coefficient (Wildman–Crippen LogP) is 2.73. The number of anilines is 1. The normalized spacial score (nSPS) is 10.3. The van der Waals surface area contributed by atoms with Gasteiger partial charge in [0.15, 0.2) is 11.5 Å². The van der Waals surface area contributed by atoms with E-state index in [9.17, 15) is 9.18 Å². The molecule has 1 heterocycles. The van der Waals surface area contributed by atoms with Crippen molar-refractivity contribution in [2.24, 2.45) is 0 Å². The summed E-state index contributed by atoms with van der Waals surface area (Å²) >= 11 is 2.00. The van der Waals surface area contributed by atoms with E-state index in [1.807, 2.05) is 22.6 Å². The lowest BCUT2D eigenvalue weighted by Crippen LogP contribution is -2.00. The van der Waals surface area contributed by atoms with E-state index in [0.717, 1.165) is 9.26 Å². The summed E-state index contributed by atoms with van der Waals surface area (Å²) in [5.74, 6) is -1.05. The van der Waals surface area contributed by atoms with Crippen LogP contribution in [0.5, 0.6) is 0 Å². The van der Waals surface area contributed by atoms with E-state index in [1.165, 1.54) is 18.2 Å². The Morgan fingerprint density at radius 1 is 1.50 bits per heavy atom. The highest BCUT2D eigenvalue weighted by Gasteiger charge is 2.10. The molecule has 18 heavy (non-hydrogen) atoms.